The lowest BCUT2D eigenvalue weighted by atomic mass is 10.2. The monoisotopic (exact) mass is 261 g/mol. The molecule has 80 valence electrons. The van der Waals surface area contributed by atoms with Crippen LogP contribution in [0.5, 0.6) is 0 Å². The van der Waals surface area contributed by atoms with Crippen molar-refractivity contribution in [1.82, 2.24) is 5.32 Å². The third-order valence-corrected chi connectivity index (χ3v) is 4.25. The molecular formula is C10H9Cl2NOS. The summed E-state index contributed by atoms with van der Waals surface area (Å²) in [6, 6.07) is 5.42. The van der Waals surface area contributed by atoms with Gasteiger partial charge in [0.05, 0.1) is 15.3 Å². The van der Waals surface area contributed by atoms with E-state index in [4.69, 9.17) is 23.2 Å². The van der Waals surface area contributed by atoms with Gasteiger partial charge in [0, 0.05) is 0 Å². The molecule has 1 heterocycles. The maximum atomic E-state index is 11.3. The topological polar surface area (TPSA) is 29.1 Å². The molecule has 1 amide bonds. The number of benzene rings is 1. The van der Waals surface area contributed by atoms with E-state index in [-0.39, 0.29) is 16.5 Å². The summed E-state index contributed by atoms with van der Waals surface area (Å²) in [7, 11) is 0. The maximum Gasteiger partial charge on any atom is 0.234 e. The van der Waals surface area contributed by atoms with Gasteiger partial charge in [0.25, 0.3) is 0 Å². The molecule has 1 N–H and O–H groups in total. The average Bonchev–Trinajstić information content (AvgIpc) is 2.52. The Morgan fingerprint density at radius 1 is 1.33 bits per heavy atom. The lowest BCUT2D eigenvalue weighted by molar-refractivity contribution is -0.119. The molecule has 0 saturated carbocycles. The highest BCUT2D eigenvalue weighted by atomic mass is 35.5. The number of carbonyl (C=O) groups excluding carboxylic acids is 1. The molecule has 2 atom stereocenters. The number of carbonyl (C=O) groups is 1. The van der Waals surface area contributed by atoms with Crippen molar-refractivity contribution in [3.63, 3.8) is 0 Å². The van der Waals surface area contributed by atoms with Gasteiger partial charge in [-0.25, -0.2) is 0 Å². The Morgan fingerprint density at radius 3 is 2.60 bits per heavy atom. The van der Waals surface area contributed by atoms with Gasteiger partial charge in [0.15, 0.2) is 0 Å². The van der Waals surface area contributed by atoms with Crippen molar-refractivity contribution in [3.8, 4) is 0 Å². The third-order valence-electron chi connectivity index (χ3n) is 2.23. The summed E-state index contributed by atoms with van der Waals surface area (Å²) in [5.74, 6) is 0.0658. The van der Waals surface area contributed by atoms with Crippen LogP contribution in [0.25, 0.3) is 0 Å². The van der Waals surface area contributed by atoms with E-state index in [0.29, 0.717) is 10.0 Å². The van der Waals surface area contributed by atoms with E-state index in [1.807, 2.05) is 13.0 Å². The molecule has 15 heavy (non-hydrogen) atoms. The number of rotatable bonds is 1. The van der Waals surface area contributed by atoms with Crippen LogP contribution in [0.1, 0.15) is 17.9 Å². The normalized spacial score (nSPS) is 25.4. The minimum atomic E-state index is -0.0118. The van der Waals surface area contributed by atoms with Crippen LogP contribution in [0, 0.1) is 0 Å². The molecule has 0 radical (unpaired) electrons. The van der Waals surface area contributed by atoms with Crippen LogP contribution in [-0.4, -0.2) is 11.2 Å². The molecule has 1 aromatic carbocycles. The van der Waals surface area contributed by atoms with E-state index in [0.717, 1.165) is 5.56 Å². The largest absolute Gasteiger partial charge is 0.339 e. The first kappa shape index (κ1) is 11.1. The quantitative estimate of drug-likeness (QED) is 0.841. The highest BCUT2D eigenvalue weighted by Crippen LogP contribution is 2.37. The van der Waals surface area contributed by atoms with Crippen molar-refractivity contribution in [3.05, 3.63) is 33.8 Å². The summed E-state index contributed by atoms with van der Waals surface area (Å²) >= 11 is 13.3. The molecule has 0 bridgehead atoms. The number of hydrogen-bond donors (Lipinski definition) is 1. The molecule has 5 heteroatoms. The standard InChI is InChI=1S/C10H9Cl2NOS/c1-5-9(14)13-10(15-5)6-2-3-7(11)8(12)4-6/h2-5,10H,1H3,(H,13,14). The Hall–Kier alpha value is -0.380. The van der Waals surface area contributed by atoms with Gasteiger partial charge in [-0.3, -0.25) is 4.79 Å². The van der Waals surface area contributed by atoms with E-state index in [1.165, 1.54) is 0 Å². The van der Waals surface area contributed by atoms with Gasteiger partial charge in [-0.2, -0.15) is 0 Å². The fourth-order valence-electron chi connectivity index (χ4n) is 1.38. The van der Waals surface area contributed by atoms with Gasteiger partial charge in [-0.05, 0) is 24.6 Å². The molecule has 2 nitrogen and oxygen atoms in total. The second-order valence-electron chi connectivity index (χ2n) is 3.34. The Morgan fingerprint density at radius 2 is 2.07 bits per heavy atom. The molecule has 0 aliphatic carbocycles. The zero-order valence-corrected chi connectivity index (χ0v) is 10.3. The van der Waals surface area contributed by atoms with Crippen molar-refractivity contribution >= 4 is 40.9 Å². The second-order valence-corrected chi connectivity index (χ2v) is 5.61. The van der Waals surface area contributed by atoms with Gasteiger partial charge < -0.3 is 5.32 Å². The number of halogens is 2. The minimum Gasteiger partial charge on any atom is -0.339 e. The first-order valence-electron chi connectivity index (χ1n) is 4.48. The third kappa shape index (κ3) is 2.25. The first-order chi connectivity index (χ1) is 7.08. The molecule has 2 rings (SSSR count). The highest BCUT2D eigenvalue weighted by Gasteiger charge is 2.30. The predicted octanol–water partition coefficient (Wildman–Crippen LogP) is 3.24. The molecule has 1 aliphatic rings. The molecule has 1 saturated heterocycles. The van der Waals surface area contributed by atoms with Crippen LogP contribution in [-0.2, 0) is 4.79 Å². The Labute approximate surface area is 102 Å². The first-order valence-corrected chi connectivity index (χ1v) is 6.18. The molecule has 1 aliphatic heterocycles. The highest BCUT2D eigenvalue weighted by molar-refractivity contribution is 8.01. The number of amides is 1. The van der Waals surface area contributed by atoms with Crippen LogP contribution in [0.4, 0.5) is 0 Å². The molecule has 1 fully saturated rings. The van der Waals surface area contributed by atoms with E-state index in [2.05, 4.69) is 5.32 Å². The van der Waals surface area contributed by atoms with Crippen molar-refractivity contribution in [1.29, 1.82) is 0 Å². The summed E-state index contributed by atoms with van der Waals surface area (Å²) in [5.41, 5.74) is 0.979. The lowest BCUT2D eigenvalue weighted by Crippen LogP contribution is -2.22. The SMILES string of the molecule is CC1SC(c2ccc(Cl)c(Cl)c2)NC1=O. The van der Waals surface area contributed by atoms with Crippen LogP contribution in [0.3, 0.4) is 0 Å². The summed E-state index contributed by atoms with van der Waals surface area (Å²) < 4.78 is 0. The van der Waals surface area contributed by atoms with Gasteiger partial charge in [-0.15, -0.1) is 11.8 Å². The van der Waals surface area contributed by atoms with Crippen molar-refractivity contribution in [2.24, 2.45) is 0 Å². The van der Waals surface area contributed by atoms with Gasteiger partial charge in [-0.1, -0.05) is 29.3 Å². The fourth-order valence-corrected chi connectivity index (χ4v) is 2.78. The Kier molecular flexibility index (Phi) is 3.14. The molecule has 2 unspecified atom stereocenters. The Bertz CT molecular complexity index is 410. The predicted molar refractivity (Wildman–Crippen MR) is 64.4 cm³/mol. The van der Waals surface area contributed by atoms with Gasteiger partial charge in [0.2, 0.25) is 5.91 Å². The molecule has 0 spiro atoms. The van der Waals surface area contributed by atoms with Crippen molar-refractivity contribution in [2.75, 3.05) is 0 Å². The van der Waals surface area contributed by atoms with Crippen LogP contribution < -0.4 is 5.32 Å². The maximum absolute atomic E-state index is 11.3. The average molecular weight is 262 g/mol. The zero-order chi connectivity index (χ0) is 11.0. The lowest BCUT2D eigenvalue weighted by Gasteiger charge is -2.10. The van der Waals surface area contributed by atoms with Crippen molar-refractivity contribution < 1.29 is 4.79 Å². The summed E-state index contributed by atoms with van der Waals surface area (Å²) in [4.78, 5) is 11.3. The van der Waals surface area contributed by atoms with E-state index in [9.17, 15) is 4.79 Å². The van der Waals surface area contributed by atoms with E-state index >= 15 is 0 Å². The second kappa shape index (κ2) is 4.24. The minimum absolute atomic E-state index is 0.00977. The zero-order valence-electron chi connectivity index (χ0n) is 7.96. The number of thioether (sulfide) groups is 1. The number of hydrogen-bond acceptors (Lipinski definition) is 2. The van der Waals surface area contributed by atoms with E-state index < -0.39 is 0 Å². The van der Waals surface area contributed by atoms with Gasteiger partial charge in [0.1, 0.15) is 5.37 Å². The molecule has 1 aromatic rings. The van der Waals surface area contributed by atoms with Crippen LogP contribution in [0.15, 0.2) is 18.2 Å². The summed E-state index contributed by atoms with van der Waals surface area (Å²) in [5, 5.41) is 3.91. The summed E-state index contributed by atoms with van der Waals surface area (Å²) in [6.07, 6.45) is 0. The molecular weight excluding hydrogens is 253 g/mol. The number of nitrogens with one attached hydrogen (secondary N) is 1. The summed E-state index contributed by atoms with van der Waals surface area (Å²) in [6.45, 7) is 1.89. The fraction of sp³-hybridized carbons (Fsp3) is 0.300. The van der Waals surface area contributed by atoms with Crippen molar-refractivity contribution in [2.45, 2.75) is 17.5 Å². The van der Waals surface area contributed by atoms with E-state index in [1.54, 1.807) is 23.9 Å². The smallest absolute Gasteiger partial charge is 0.234 e. The van der Waals surface area contributed by atoms with Crippen LogP contribution in [0.2, 0.25) is 10.0 Å². The van der Waals surface area contributed by atoms with Crippen LogP contribution >= 0.6 is 35.0 Å². The van der Waals surface area contributed by atoms with Gasteiger partial charge >= 0.3 is 0 Å². The molecule has 0 aromatic heterocycles. The Balaban J connectivity index is 2.24.